The van der Waals surface area contributed by atoms with Crippen molar-refractivity contribution in [2.45, 2.75) is 19.8 Å². The number of ether oxygens (including phenoxy) is 1. The molecular weight excluding hydrogens is 136 g/mol. The predicted molar refractivity (Wildman–Crippen MR) is 47.2 cm³/mol. The molecule has 0 aromatic heterocycles. The Hall–Kier alpha value is -0.980. The molecule has 0 saturated carbocycles. The van der Waals surface area contributed by atoms with Crippen molar-refractivity contribution in [3.63, 3.8) is 0 Å². The average Bonchev–Trinajstić information content (AvgIpc) is 2.04. The first-order chi connectivity index (χ1) is 5.33. The van der Waals surface area contributed by atoms with Gasteiger partial charge in [-0.1, -0.05) is 24.3 Å². The van der Waals surface area contributed by atoms with E-state index in [1.807, 2.05) is 0 Å². The molecule has 1 nitrogen and oxygen atoms in total. The Kier molecular flexibility index (Phi) is 2.96. The Bertz CT molecular complexity index is 199. The molecule has 1 aliphatic carbocycles. The molecular formula is C10H14O. The van der Waals surface area contributed by atoms with Gasteiger partial charge in [-0.05, 0) is 25.3 Å². The number of hydrogen-bond donors (Lipinski definition) is 0. The van der Waals surface area contributed by atoms with Gasteiger partial charge in [0.15, 0.2) is 0 Å². The number of rotatable bonds is 3. The SMILES string of the molecule is C=COCC1=CC=C(C)CC1. The third-order valence-electron chi connectivity index (χ3n) is 1.83. The van der Waals surface area contributed by atoms with Gasteiger partial charge in [0.05, 0.1) is 6.26 Å². The van der Waals surface area contributed by atoms with Gasteiger partial charge < -0.3 is 4.74 Å². The molecule has 1 rings (SSSR count). The first-order valence-corrected chi connectivity index (χ1v) is 3.90. The quantitative estimate of drug-likeness (QED) is 0.562. The van der Waals surface area contributed by atoms with Crippen molar-refractivity contribution in [1.29, 1.82) is 0 Å². The van der Waals surface area contributed by atoms with E-state index in [9.17, 15) is 0 Å². The number of hydrogen-bond acceptors (Lipinski definition) is 1. The molecule has 0 spiro atoms. The second kappa shape index (κ2) is 4.02. The van der Waals surface area contributed by atoms with Crippen LogP contribution in [0.2, 0.25) is 0 Å². The van der Waals surface area contributed by atoms with E-state index in [4.69, 9.17) is 4.74 Å². The molecule has 1 heteroatoms. The van der Waals surface area contributed by atoms with Crippen LogP contribution in [0.4, 0.5) is 0 Å². The van der Waals surface area contributed by atoms with E-state index in [1.54, 1.807) is 0 Å². The summed E-state index contributed by atoms with van der Waals surface area (Å²) in [5.74, 6) is 0. The molecule has 11 heavy (non-hydrogen) atoms. The molecule has 0 aromatic rings. The van der Waals surface area contributed by atoms with Gasteiger partial charge in [0.1, 0.15) is 6.61 Å². The Labute approximate surface area is 68.1 Å². The van der Waals surface area contributed by atoms with E-state index in [0.29, 0.717) is 6.61 Å². The molecule has 0 saturated heterocycles. The zero-order valence-corrected chi connectivity index (χ0v) is 6.97. The van der Waals surface area contributed by atoms with Crippen molar-refractivity contribution in [3.8, 4) is 0 Å². The lowest BCUT2D eigenvalue weighted by Crippen LogP contribution is -1.97. The predicted octanol–water partition coefficient (Wildman–Crippen LogP) is 2.81. The molecule has 0 fully saturated rings. The summed E-state index contributed by atoms with van der Waals surface area (Å²) >= 11 is 0. The van der Waals surface area contributed by atoms with Crippen LogP contribution in [-0.4, -0.2) is 6.61 Å². The summed E-state index contributed by atoms with van der Waals surface area (Å²) in [6.45, 7) is 6.35. The summed E-state index contributed by atoms with van der Waals surface area (Å²) in [6, 6.07) is 0. The molecule has 0 amide bonds. The summed E-state index contributed by atoms with van der Waals surface area (Å²) in [5.41, 5.74) is 2.81. The first-order valence-electron chi connectivity index (χ1n) is 3.90. The summed E-state index contributed by atoms with van der Waals surface area (Å²) in [4.78, 5) is 0. The molecule has 0 radical (unpaired) electrons. The van der Waals surface area contributed by atoms with Gasteiger partial charge in [-0.2, -0.15) is 0 Å². The van der Waals surface area contributed by atoms with Gasteiger partial charge in [-0.3, -0.25) is 0 Å². The third-order valence-corrected chi connectivity index (χ3v) is 1.83. The number of allylic oxidation sites excluding steroid dienone is 3. The highest BCUT2D eigenvalue weighted by atomic mass is 16.5. The lowest BCUT2D eigenvalue weighted by atomic mass is 10.0. The summed E-state index contributed by atoms with van der Waals surface area (Å²) < 4.78 is 5.07. The van der Waals surface area contributed by atoms with Gasteiger partial charge >= 0.3 is 0 Å². The van der Waals surface area contributed by atoms with Crippen LogP contribution in [0.25, 0.3) is 0 Å². The van der Waals surface area contributed by atoms with Gasteiger partial charge in [0, 0.05) is 0 Å². The highest BCUT2D eigenvalue weighted by Gasteiger charge is 2.01. The van der Waals surface area contributed by atoms with E-state index in [1.165, 1.54) is 23.8 Å². The zero-order chi connectivity index (χ0) is 8.10. The highest BCUT2D eigenvalue weighted by molar-refractivity contribution is 5.22. The summed E-state index contributed by atoms with van der Waals surface area (Å²) in [6.07, 6.45) is 8.10. The highest BCUT2D eigenvalue weighted by Crippen LogP contribution is 2.17. The largest absolute Gasteiger partial charge is 0.497 e. The maximum Gasteiger partial charge on any atom is 0.109 e. The van der Waals surface area contributed by atoms with Gasteiger partial charge in [-0.15, -0.1) is 0 Å². The maximum absolute atomic E-state index is 5.07. The maximum atomic E-state index is 5.07. The van der Waals surface area contributed by atoms with Crippen molar-refractivity contribution in [3.05, 3.63) is 36.1 Å². The van der Waals surface area contributed by atoms with E-state index >= 15 is 0 Å². The molecule has 0 bridgehead atoms. The average molecular weight is 150 g/mol. The van der Waals surface area contributed by atoms with Gasteiger partial charge in [-0.25, -0.2) is 0 Å². The minimum atomic E-state index is 0.702. The van der Waals surface area contributed by atoms with Crippen molar-refractivity contribution in [2.24, 2.45) is 0 Å². The minimum absolute atomic E-state index is 0.702. The second-order valence-corrected chi connectivity index (χ2v) is 2.82. The van der Waals surface area contributed by atoms with Gasteiger partial charge in [0.25, 0.3) is 0 Å². The minimum Gasteiger partial charge on any atom is -0.497 e. The Balaban J connectivity index is 2.41. The molecule has 0 aromatic carbocycles. The van der Waals surface area contributed by atoms with E-state index in [0.717, 1.165) is 6.42 Å². The lowest BCUT2D eigenvalue weighted by Gasteiger charge is -2.10. The smallest absolute Gasteiger partial charge is 0.109 e. The Morgan fingerprint density at radius 2 is 2.36 bits per heavy atom. The van der Waals surface area contributed by atoms with Crippen LogP contribution in [0.1, 0.15) is 19.8 Å². The second-order valence-electron chi connectivity index (χ2n) is 2.82. The van der Waals surface area contributed by atoms with Crippen molar-refractivity contribution in [1.82, 2.24) is 0 Å². The standard InChI is InChI=1S/C10H14O/c1-3-11-8-10-6-4-9(2)5-7-10/h3-4,6H,1,5,7-8H2,2H3. The van der Waals surface area contributed by atoms with E-state index in [2.05, 4.69) is 25.7 Å². The van der Waals surface area contributed by atoms with Crippen LogP contribution in [0.5, 0.6) is 0 Å². The zero-order valence-electron chi connectivity index (χ0n) is 6.97. The normalized spacial score (nSPS) is 16.8. The van der Waals surface area contributed by atoms with Crippen LogP contribution in [0.15, 0.2) is 36.1 Å². The van der Waals surface area contributed by atoms with Crippen LogP contribution in [-0.2, 0) is 4.74 Å². The molecule has 1 aliphatic rings. The van der Waals surface area contributed by atoms with Crippen molar-refractivity contribution >= 4 is 0 Å². The van der Waals surface area contributed by atoms with Crippen LogP contribution in [0.3, 0.4) is 0 Å². The fourth-order valence-electron chi connectivity index (χ4n) is 1.07. The monoisotopic (exact) mass is 150 g/mol. The van der Waals surface area contributed by atoms with Gasteiger partial charge in [0.2, 0.25) is 0 Å². The Morgan fingerprint density at radius 3 is 2.91 bits per heavy atom. The van der Waals surface area contributed by atoms with Crippen molar-refractivity contribution in [2.75, 3.05) is 6.61 Å². The van der Waals surface area contributed by atoms with Crippen LogP contribution < -0.4 is 0 Å². The molecule has 0 aliphatic heterocycles. The topological polar surface area (TPSA) is 9.23 Å². The molecule has 0 unspecified atom stereocenters. The fourth-order valence-corrected chi connectivity index (χ4v) is 1.07. The van der Waals surface area contributed by atoms with Crippen molar-refractivity contribution < 1.29 is 4.74 Å². The fraction of sp³-hybridized carbons (Fsp3) is 0.400. The molecule has 0 N–H and O–H groups in total. The molecule has 0 heterocycles. The van der Waals surface area contributed by atoms with Crippen LogP contribution >= 0.6 is 0 Å². The molecule has 60 valence electrons. The van der Waals surface area contributed by atoms with Crippen LogP contribution in [0, 0.1) is 0 Å². The molecule has 0 atom stereocenters. The first kappa shape index (κ1) is 8.12. The van der Waals surface area contributed by atoms with E-state index in [-0.39, 0.29) is 0 Å². The summed E-state index contributed by atoms with van der Waals surface area (Å²) in [5, 5.41) is 0. The Morgan fingerprint density at radius 1 is 1.55 bits per heavy atom. The lowest BCUT2D eigenvalue weighted by molar-refractivity contribution is 0.278. The third kappa shape index (κ3) is 2.62. The van der Waals surface area contributed by atoms with E-state index < -0.39 is 0 Å². The summed E-state index contributed by atoms with van der Waals surface area (Å²) in [7, 11) is 0.